The zero-order chi connectivity index (χ0) is 7.84. The average Bonchev–Trinajstić information content (AvgIpc) is 2.45. The Kier molecular flexibility index (Phi) is 1.12. The predicted octanol–water partition coefficient (Wildman–Crippen LogP) is 1.72. The quantitative estimate of drug-likeness (QED) is 0.578. The van der Waals surface area contributed by atoms with Crippen molar-refractivity contribution in [2.75, 3.05) is 5.73 Å². The van der Waals surface area contributed by atoms with Crippen LogP contribution in [0.3, 0.4) is 0 Å². The summed E-state index contributed by atoms with van der Waals surface area (Å²) in [6.45, 7) is 1.97. The molecular weight excluding hydrogens is 140 g/mol. The van der Waals surface area contributed by atoms with Gasteiger partial charge in [0.25, 0.3) is 0 Å². The normalized spacial score (nSPS) is 10.6. The van der Waals surface area contributed by atoms with E-state index in [-0.39, 0.29) is 0 Å². The maximum absolute atomic E-state index is 5.65. The van der Waals surface area contributed by atoms with Crippen LogP contribution in [-0.4, -0.2) is 4.98 Å². The Morgan fingerprint density at radius 3 is 3.00 bits per heavy atom. The minimum absolute atomic E-state index is 0.666. The third-order valence-corrected chi connectivity index (χ3v) is 1.71. The Balaban J connectivity index is 2.96. The van der Waals surface area contributed by atoms with Crippen molar-refractivity contribution in [3.05, 3.63) is 24.1 Å². The second kappa shape index (κ2) is 1.99. The van der Waals surface area contributed by atoms with Gasteiger partial charge in [-0.05, 0) is 18.6 Å². The van der Waals surface area contributed by atoms with Gasteiger partial charge in [-0.25, -0.2) is 4.98 Å². The summed E-state index contributed by atoms with van der Waals surface area (Å²) < 4.78 is 5.14. The van der Waals surface area contributed by atoms with Crippen LogP contribution in [0.2, 0.25) is 0 Å². The maximum Gasteiger partial charge on any atom is 0.182 e. The fourth-order valence-electron chi connectivity index (χ4n) is 1.10. The fraction of sp³-hybridized carbons (Fsp3) is 0.125. The molecule has 0 aliphatic rings. The number of benzene rings is 1. The van der Waals surface area contributed by atoms with Crippen molar-refractivity contribution < 1.29 is 4.42 Å². The minimum atomic E-state index is 0.666. The Hall–Kier alpha value is -1.51. The lowest BCUT2D eigenvalue weighted by Crippen LogP contribution is -1.86. The number of anilines is 1. The van der Waals surface area contributed by atoms with Crippen LogP contribution in [0.25, 0.3) is 11.1 Å². The zero-order valence-corrected chi connectivity index (χ0v) is 6.16. The lowest BCUT2D eigenvalue weighted by Gasteiger charge is -1.95. The molecule has 3 nitrogen and oxygen atoms in total. The number of nitrogens with zero attached hydrogens (tertiary/aromatic N) is 1. The molecule has 0 saturated heterocycles. The van der Waals surface area contributed by atoms with E-state index in [2.05, 4.69) is 4.98 Å². The number of hydrogen-bond donors (Lipinski definition) is 1. The predicted molar refractivity (Wildman–Crippen MR) is 43.2 cm³/mol. The summed E-state index contributed by atoms with van der Waals surface area (Å²) in [6, 6.07) is 3.75. The Bertz CT molecular complexity index is 356. The first-order chi connectivity index (χ1) is 5.29. The van der Waals surface area contributed by atoms with Crippen LogP contribution in [0.5, 0.6) is 0 Å². The van der Waals surface area contributed by atoms with Gasteiger partial charge in [0.1, 0.15) is 5.52 Å². The Morgan fingerprint density at radius 2 is 2.27 bits per heavy atom. The van der Waals surface area contributed by atoms with Gasteiger partial charge in [0.15, 0.2) is 12.0 Å². The second-order valence-corrected chi connectivity index (χ2v) is 2.50. The van der Waals surface area contributed by atoms with Gasteiger partial charge < -0.3 is 10.2 Å². The third-order valence-electron chi connectivity index (χ3n) is 1.71. The van der Waals surface area contributed by atoms with Gasteiger partial charge in [0.05, 0.1) is 5.69 Å². The number of nitrogen functional groups attached to an aromatic ring is 1. The highest BCUT2D eigenvalue weighted by atomic mass is 16.3. The van der Waals surface area contributed by atoms with E-state index in [1.165, 1.54) is 6.39 Å². The highest BCUT2D eigenvalue weighted by Crippen LogP contribution is 2.21. The molecule has 0 aliphatic heterocycles. The van der Waals surface area contributed by atoms with E-state index in [1.807, 2.05) is 19.1 Å². The molecule has 1 aromatic heterocycles. The Labute approximate surface area is 63.8 Å². The van der Waals surface area contributed by atoms with Crippen molar-refractivity contribution in [1.29, 1.82) is 0 Å². The number of aryl methyl sites for hydroxylation is 1. The molecule has 11 heavy (non-hydrogen) atoms. The number of aromatic nitrogens is 1. The van der Waals surface area contributed by atoms with Crippen LogP contribution in [0.1, 0.15) is 5.56 Å². The smallest absolute Gasteiger partial charge is 0.182 e. The van der Waals surface area contributed by atoms with Crippen molar-refractivity contribution in [2.45, 2.75) is 6.92 Å². The van der Waals surface area contributed by atoms with Gasteiger partial charge in [-0.3, -0.25) is 0 Å². The first-order valence-corrected chi connectivity index (χ1v) is 3.37. The summed E-state index contributed by atoms with van der Waals surface area (Å²) in [7, 11) is 0. The monoisotopic (exact) mass is 148 g/mol. The van der Waals surface area contributed by atoms with Gasteiger partial charge in [-0.2, -0.15) is 0 Å². The molecule has 0 saturated carbocycles. The van der Waals surface area contributed by atoms with Gasteiger partial charge in [-0.15, -0.1) is 0 Å². The fourth-order valence-corrected chi connectivity index (χ4v) is 1.10. The molecule has 3 heteroatoms. The first-order valence-electron chi connectivity index (χ1n) is 3.37. The molecule has 0 atom stereocenters. The maximum atomic E-state index is 5.65. The van der Waals surface area contributed by atoms with Crippen molar-refractivity contribution >= 4 is 16.8 Å². The molecule has 1 heterocycles. The molecule has 0 radical (unpaired) electrons. The first kappa shape index (κ1) is 6.22. The minimum Gasteiger partial charge on any atom is -0.443 e. The molecule has 2 N–H and O–H groups in total. The average molecular weight is 148 g/mol. The van der Waals surface area contributed by atoms with Gasteiger partial charge >= 0.3 is 0 Å². The third kappa shape index (κ3) is 0.774. The van der Waals surface area contributed by atoms with Crippen molar-refractivity contribution in [3.8, 4) is 0 Å². The molecule has 0 spiro atoms. The molecule has 0 aliphatic carbocycles. The molecule has 2 aromatic rings. The van der Waals surface area contributed by atoms with Crippen molar-refractivity contribution in [1.82, 2.24) is 4.98 Å². The van der Waals surface area contributed by atoms with Crippen molar-refractivity contribution in [2.24, 2.45) is 0 Å². The topological polar surface area (TPSA) is 52.0 Å². The molecule has 2 rings (SSSR count). The molecule has 0 bridgehead atoms. The lowest BCUT2D eigenvalue weighted by molar-refractivity contribution is 0.600. The largest absolute Gasteiger partial charge is 0.443 e. The van der Waals surface area contributed by atoms with Gasteiger partial charge in [0, 0.05) is 0 Å². The highest BCUT2D eigenvalue weighted by Gasteiger charge is 2.03. The van der Waals surface area contributed by atoms with Gasteiger partial charge in [0.2, 0.25) is 0 Å². The number of fused-ring (bicyclic) bond motifs is 1. The number of oxazole rings is 1. The standard InChI is InChI=1S/C8H8N2O/c1-5-2-3-6(9)7-8(5)11-4-10-7/h2-4H,9H2,1H3. The van der Waals surface area contributed by atoms with Gasteiger partial charge in [-0.1, -0.05) is 6.07 Å². The summed E-state index contributed by atoms with van der Waals surface area (Å²) in [5, 5.41) is 0. The van der Waals surface area contributed by atoms with Crippen LogP contribution in [0.15, 0.2) is 22.9 Å². The molecule has 0 amide bonds. The van der Waals surface area contributed by atoms with Crippen LogP contribution >= 0.6 is 0 Å². The van der Waals surface area contributed by atoms with E-state index in [4.69, 9.17) is 10.2 Å². The SMILES string of the molecule is Cc1ccc(N)c2ncoc12. The van der Waals surface area contributed by atoms with E-state index in [1.54, 1.807) is 0 Å². The summed E-state index contributed by atoms with van der Waals surface area (Å²) in [4.78, 5) is 3.99. The van der Waals surface area contributed by atoms with Crippen LogP contribution in [-0.2, 0) is 0 Å². The van der Waals surface area contributed by atoms with E-state index in [0.717, 1.165) is 16.7 Å². The molecule has 56 valence electrons. The summed E-state index contributed by atoms with van der Waals surface area (Å²) in [5.74, 6) is 0. The van der Waals surface area contributed by atoms with Crippen LogP contribution in [0.4, 0.5) is 5.69 Å². The van der Waals surface area contributed by atoms with Crippen LogP contribution in [0, 0.1) is 6.92 Å². The number of nitrogens with two attached hydrogens (primary N) is 1. The van der Waals surface area contributed by atoms with E-state index < -0.39 is 0 Å². The summed E-state index contributed by atoms with van der Waals surface area (Å²) in [5.41, 5.74) is 8.91. The Morgan fingerprint density at radius 1 is 1.45 bits per heavy atom. The molecule has 0 unspecified atom stereocenters. The second-order valence-electron chi connectivity index (χ2n) is 2.50. The molecule has 1 aromatic carbocycles. The van der Waals surface area contributed by atoms with E-state index in [9.17, 15) is 0 Å². The van der Waals surface area contributed by atoms with E-state index >= 15 is 0 Å². The summed E-state index contributed by atoms with van der Waals surface area (Å²) >= 11 is 0. The van der Waals surface area contributed by atoms with Crippen molar-refractivity contribution in [3.63, 3.8) is 0 Å². The molecular formula is C8H8N2O. The zero-order valence-electron chi connectivity index (χ0n) is 6.16. The van der Waals surface area contributed by atoms with Crippen LogP contribution < -0.4 is 5.73 Å². The molecule has 0 fully saturated rings. The number of rotatable bonds is 0. The number of hydrogen-bond acceptors (Lipinski definition) is 3. The van der Waals surface area contributed by atoms with E-state index in [0.29, 0.717) is 5.69 Å². The highest BCUT2D eigenvalue weighted by molar-refractivity contribution is 5.87. The lowest BCUT2D eigenvalue weighted by atomic mass is 10.2. The summed E-state index contributed by atoms with van der Waals surface area (Å²) in [6.07, 6.45) is 1.41.